The maximum absolute atomic E-state index is 11.5. The first kappa shape index (κ1) is 82.8. The quantitative estimate of drug-likeness (QED) is 0.0715. The third kappa shape index (κ3) is 79.8. The van der Waals surface area contributed by atoms with Crippen LogP contribution < -0.4 is 10.6 Å². The second kappa shape index (κ2) is 77.9. The highest BCUT2D eigenvalue weighted by Crippen LogP contribution is 1.92. The van der Waals surface area contributed by atoms with Gasteiger partial charge in [-0.25, -0.2) is 4.79 Å². The van der Waals surface area contributed by atoms with Gasteiger partial charge in [0.2, 0.25) is 0 Å². The molecule has 0 rings (SSSR count). The van der Waals surface area contributed by atoms with Crippen LogP contribution in [0.4, 0.5) is 4.79 Å². The van der Waals surface area contributed by atoms with E-state index in [1.807, 2.05) is 0 Å². The molecule has 0 bridgehead atoms. The topological polar surface area (TPSA) is 300 Å². The average molecular weight is 1250 g/mol. The van der Waals surface area contributed by atoms with Gasteiger partial charge in [-0.3, -0.25) is 4.79 Å². The van der Waals surface area contributed by atoms with E-state index in [9.17, 15) is 9.59 Å². The Hall–Kier alpha value is -2.22. The minimum atomic E-state index is -0.880. The van der Waals surface area contributed by atoms with Gasteiger partial charge in [-0.15, -0.1) is 0 Å². The molecule has 0 aliphatic carbocycles. The fourth-order valence-electron chi connectivity index (χ4n) is 6.00. The molecule has 508 valence electrons. The van der Waals surface area contributed by atoms with Crippen molar-refractivity contribution in [2.75, 3.05) is 330 Å². The second-order valence-corrected chi connectivity index (χ2v) is 17.4. The van der Waals surface area contributed by atoms with E-state index < -0.39 is 5.97 Å². The molecule has 0 aliphatic heterocycles. The molecule has 2 amide bonds. The third-order valence-corrected chi connectivity index (χ3v) is 10.4. The predicted octanol–water partition coefficient (Wildman–Crippen LogP) is 0.959. The molecule has 85 heavy (non-hydrogen) atoms. The van der Waals surface area contributed by atoms with Gasteiger partial charge in [0.1, 0.15) is 0 Å². The molecule has 0 heterocycles. The number of hydrogen-bond donors (Lipinski definition) is 3. The van der Waals surface area contributed by atoms with Crippen LogP contribution in [0.5, 0.6) is 0 Å². The fourth-order valence-corrected chi connectivity index (χ4v) is 6.00. The van der Waals surface area contributed by atoms with Crippen molar-refractivity contribution < 1.29 is 128 Å². The largest absolute Gasteiger partial charge is 0.481 e. The fraction of sp³-hybridized carbons (Fsp3) is 0.964. The first-order valence-corrected chi connectivity index (χ1v) is 30.3. The first-order chi connectivity index (χ1) is 42.2. The van der Waals surface area contributed by atoms with Gasteiger partial charge >= 0.3 is 12.0 Å². The standard InChI is InChI=1S/C56H112N2O27/c1-2-3-5-57-56(61)58-6-8-63-10-12-65-14-16-67-18-20-69-22-24-71-26-28-73-30-32-75-34-36-77-38-40-79-42-44-81-46-48-83-50-52-85-54-53-84-51-49-82-47-45-80-43-41-78-39-37-76-35-33-74-31-29-72-27-25-70-23-21-68-19-17-66-15-13-64-11-9-62-7-4-55(59)60/h2-54H2,1H3,(H,59,60)(H2,57,58,61). The molecule has 0 fully saturated rings. The van der Waals surface area contributed by atoms with Gasteiger partial charge in [-0.1, -0.05) is 13.3 Å². The number of carbonyl (C=O) groups is 2. The molecule has 0 unspecified atom stereocenters. The first-order valence-electron chi connectivity index (χ1n) is 30.3. The zero-order chi connectivity index (χ0) is 61.0. The van der Waals surface area contributed by atoms with Crippen LogP contribution in [0, 0.1) is 0 Å². The van der Waals surface area contributed by atoms with Crippen LogP contribution in [0.15, 0.2) is 0 Å². The van der Waals surface area contributed by atoms with Crippen LogP contribution >= 0.6 is 0 Å². The summed E-state index contributed by atoms with van der Waals surface area (Å²) in [5.41, 5.74) is 0. The predicted molar refractivity (Wildman–Crippen MR) is 308 cm³/mol. The maximum atomic E-state index is 11.5. The van der Waals surface area contributed by atoms with Crippen LogP contribution in [0.1, 0.15) is 26.2 Å². The number of carboxylic acid groups (broad SMARTS) is 1. The number of carbonyl (C=O) groups excluding carboxylic acids is 1. The van der Waals surface area contributed by atoms with Crippen molar-refractivity contribution in [2.24, 2.45) is 0 Å². The van der Waals surface area contributed by atoms with Crippen LogP contribution in [0.25, 0.3) is 0 Å². The van der Waals surface area contributed by atoms with Crippen molar-refractivity contribution in [2.45, 2.75) is 26.2 Å². The zero-order valence-corrected chi connectivity index (χ0v) is 51.5. The van der Waals surface area contributed by atoms with Crippen LogP contribution in [0.2, 0.25) is 0 Å². The Bertz CT molecular complexity index is 1270. The summed E-state index contributed by atoms with van der Waals surface area (Å²) in [7, 11) is 0. The number of amides is 2. The van der Waals surface area contributed by atoms with Gasteiger partial charge in [-0.2, -0.15) is 0 Å². The van der Waals surface area contributed by atoms with Gasteiger partial charge in [0.15, 0.2) is 0 Å². The van der Waals surface area contributed by atoms with Crippen molar-refractivity contribution in [3.05, 3.63) is 0 Å². The molecule has 0 saturated carbocycles. The summed E-state index contributed by atoms with van der Waals surface area (Å²) in [5, 5.41) is 14.1. The SMILES string of the molecule is CCCCNC(=O)NCCOCCOCCOCCOCCOCCOCCOCCOCCOCCOCCOCCOCCOCCOCCOCCOCCOCCOCCOCCOCCOCCOCCOCCOCCC(=O)O. The van der Waals surface area contributed by atoms with Crippen LogP contribution in [-0.2, 0) is 118 Å². The second-order valence-electron chi connectivity index (χ2n) is 17.4. The Kier molecular flexibility index (Phi) is 75.8. The smallest absolute Gasteiger partial charge is 0.314 e. The molecular formula is C56H112N2O27. The summed E-state index contributed by atoms with van der Waals surface area (Å²) in [6.07, 6.45) is 2.00. The number of urea groups is 1. The molecule has 0 aromatic carbocycles. The number of aliphatic carboxylic acids is 1. The Morgan fingerprint density at radius 3 is 0.518 bits per heavy atom. The molecule has 0 aromatic heterocycles. The van der Waals surface area contributed by atoms with E-state index in [4.69, 9.17) is 119 Å². The molecular weight excluding hydrogens is 1130 g/mol. The molecule has 29 heteroatoms. The highest BCUT2D eigenvalue weighted by atomic mass is 16.6. The summed E-state index contributed by atoms with van der Waals surface area (Å²) in [4.78, 5) is 21.9. The van der Waals surface area contributed by atoms with Gasteiger partial charge in [-0.05, 0) is 6.42 Å². The molecule has 0 radical (unpaired) electrons. The highest BCUT2D eigenvalue weighted by Gasteiger charge is 2.02. The van der Waals surface area contributed by atoms with Crippen molar-refractivity contribution in [3.8, 4) is 0 Å². The van der Waals surface area contributed by atoms with E-state index in [-0.39, 0.29) is 19.1 Å². The lowest BCUT2D eigenvalue weighted by molar-refractivity contribution is -0.138. The Labute approximate surface area is 506 Å². The number of hydrogen-bond acceptors (Lipinski definition) is 26. The van der Waals surface area contributed by atoms with Crippen LogP contribution in [-0.4, -0.2) is 347 Å². The van der Waals surface area contributed by atoms with E-state index in [0.717, 1.165) is 12.8 Å². The highest BCUT2D eigenvalue weighted by molar-refractivity contribution is 5.73. The summed E-state index contributed by atoms with van der Waals surface area (Å²) >= 11 is 0. The minimum absolute atomic E-state index is 0.0106. The van der Waals surface area contributed by atoms with E-state index in [0.29, 0.717) is 324 Å². The summed E-state index contributed by atoms with van der Waals surface area (Å²) in [6, 6.07) is -0.167. The lowest BCUT2D eigenvalue weighted by Crippen LogP contribution is -2.37. The van der Waals surface area contributed by atoms with E-state index >= 15 is 0 Å². The molecule has 0 aromatic rings. The zero-order valence-electron chi connectivity index (χ0n) is 51.5. The summed E-state index contributed by atoms with van der Waals surface area (Å²) in [6.45, 7) is 25.5. The Balaban J connectivity index is 3.09. The summed E-state index contributed by atoms with van der Waals surface area (Å²) in [5.74, 6) is -0.880. The van der Waals surface area contributed by atoms with E-state index in [2.05, 4.69) is 17.6 Å². The molecule has 29 nitrogen and oxygen atoms in total. The van der Waals surface area contributed by atoms with Crippen LogP contribution in [0.3, 0.4) is 0 Å². The monoisotopic (exact) mass is 1240 g/mol. The number of rotatable bonds is 78. The molecule has 3 N–H and O–H groups in total. The number of nitrogens with one attached hydrogen (secondary N) is 2. The number of unbranched alkanes of at least 4 members (excludes halogenated alkanes) is 1. The Morgan fingerprint density at radius 2 is 0.365 bits per heavy atom. The summed E-state index contributed by atoms with van der Waals surface area (Å²) < 4.78 is 131. The van der Waals surface area contributed by atoms with Gasteiger partial charge in [0, 0.05) is 13.1 Å². The molecule has 0 spiro atoms. The van der Waals surface area contributed by atoms with Crippen molar-refractivity contribution in [3.63, 3.8) is 0 Å². The molecule has 0 aliphatic rings. The van der Waals surface area contributed by atoms with Gasteiger partial charge in [0.25, 0.3) is 0 Å². The van der Waals surface area contributed by atoms with Crippen molar-refractivity contribution >= 4 is 12.0 Å². The van der Waals surface area contributed by atoms with E-state index in [1.54, 1.807) is 0 Å². The lowest BCUT2D eigenvalue weighted by atomic mass is 10.3. The van der Waals surface area contributed by atoms with Crippen molar-refractivity contribution in [1.82, 2.24) is 10.6 Å². The minimum Gasteiger partial charge on any atom is -0.481 e. The third-order valence-electron chi connectivity index (χ3n) is 10.4. The number of ether oxygens (including phenoxy) is 24. The maximum Gasteiger partial charge on any atom is 0.314 e. The van der Waals surface area contributed by atoms with Crippen molar-refractivity contribution in [1.29, 1.82) is 0 Å². The average Bonchev–Trinajstić information content (AvgIpc) is 3.50. The molecule has 0 atom stereocenters. The van der Waals surface area contributed by atoms with Gasteiger partial charge < -0.3 is 129 Å². The lowest BCUT2D eigenvalue weighted by Gasteiger charge is -2.09. The molecule has 0 saturated heterocycles. The normalized spacial score (nSPS) is 11.6. The van der Waals surface area contributed by atoms with Gasteiger partial charge in [0.05, 0.1) is 324 Å². The van der Waals surface area contributed by atoms with E-state index in [1.165, 1.54) is 0 Å². The number of carboxylic acids is 1. The Morgan fingerprint density at radius 1 is 0.224 bits per heavy atom.